The second-order valence-corrected chi connectivity index (χ2v) is 5.06. The lowest BCUT2D eigenvalue weighted by atomic mass is 9.96. The Hall–Kier alpha value is -0.860. The van der Waals surface area contributed by atoms with Crippen molar-refractivity contribution < 1.29 is 0 Å². The highest BCUT2D eigenvalue weighted by molar-refractivity contribution is 5.33. The van der Waals surface area contributed by atoms with Crippen molar-refractivity contribution in [1.29, 1.82) is 0 Å². The lowest BCUT2D eigenvalue weighted by molar-refractivity contribution is 0.363. The van der Waals surface area contributed by atoms with Gasteiger partial charge in [0.05, 0.1) is 0 Å². The predicted octanol–water partition coefficient (Wildman–Crippen LogP) is 2.91. The number of benzene rings is 1. The third kappa shape index (κ3) is 4.49. The van der Waals surface area contributed by atoms with E-state index in [0.717, 1.165) is 19.5 Å². The summed E-state index contributed by atoms with van der Waals surface area (Å²) < 4.78 is 0. The topological polar surface area (TPSA) is 15.3 Å². The molecule has 0 aliphatic heterocycles. The van der Waals surface area contributed by atoms with E-state index in [1.807, 2.05) is 0 Å². The monoisotopic (exact) mass is 234 g/mol. The van der Waals surface area contributed by atoms with Crippen LogP contribution in [-0.2, 0) is 0 Å². The van der Waals surface area contributed by atoms with Crippen LogP contribution in [0.5, 0.6) is 0 Å². The molecule has 0 radical (unpaired) electrons. The van der Waals surface area contributed by atoms with Gasteiger partial charge in [-0.25, -0.2) is 0 Å². The van der Waals surface area contributed by atoms with E-state index in [1.165, 1.54) is 16.7 Å². The van der Waals surface area contributed by atoms with E-state index in [0.29, 0.717) is 6.04 Å². The molecule has 0 saturated carbocycles. The zero-order chi connectivity index (χ0) is 12.8. The lowest BCUT2D eigenvalue weighted by Gasteiger charge is -2.22. The van der Waals surface area contributed by atoms with Gasteiger partial charge < -0.3 is 10.2 Å². The molecule has 2 heteroatoms. The molecule has 1 rings (SSSR count). The van der Waals surface area contributed by atoms with E-state index in [9.17, 15) is 0 Å². The number of hydrogen-bond acceptors (Lipinski definition) is 2. The van der Waals surface area contributed by atoms with Crippen LogP contribution < -0.4 is 5.32 Å². The number of nitrogens with zero attached hydrogens (tertiary/aromatic N) is 1. The van der Waals surface area contributed by atoms with Crippen LogP contribution in [0.4, 0.5) is 0 Å². The average Bonchev–Trinajstić information content (AvgIpc) is 2.27. The average molecular weight is 234 g/mol. The summed E-state index contributed by atoms with van der Waals surface area (Å²) in [5, 5.41) is 3.60. The molecule has 1 atom stereocenters. The summed E-state index contributed by atoms with van der Waals surface area (Å²) in [4.78, 5) is 2.25. The molecule has 0 aliphatic rings. The van der Waals surface area contributed by atoms with Gasteiger partial charge in [0, 0.05) is 6.04 Å². The fourth-order valence-electron chi connectivity index (χ4n) is 2.14. The van der Waals surface area contributed by atoms with Crippen molar-refractivity contribution in [3.05, 3.63) is 34.9 Å². The molecule has 0 bridgehead atoms. The molecule has 0 saturated heterocycles. The molecule has 2 nitrogen and oxygen atoms in total. The Morgan fingerprint density at radius 3 is 2.53 bits per heavy atom. The number of nitrogens with one attached hydrogen (secondary N) is 1. The minimum atomic E-state index is 0.474. The Morgan fingerprint density at radius 1 is 1.24 bits per heavy atom. The summed E-state index contributed by atoms with van der Waals surface area (Å²) in [5.74, 6) is 0. The van der Waals surface area contributed by atoms with Crippen LogP contribution in [-0.4, -0.2) is 32.1 Å². The Morgan fingerprint density at radius 2 is 1.94 bits per heavy atom. The van der Waals surface area contributed by atoms with E-state index in [1.54, 1.807) is 0 Å². The third-order valence-electron chi connectivity index (χ3n) is 3.13. The van der Waals surface area contributed by atoms with Crippen molar-refractivity contribution >= 4 is 0 Å². The van der Waals surface area contributed by atoms with Crippen LogP contribution in [0.1, 0.15) is 36.1 Å². The summed E-state index contributed by atoms with van der Waals surface area (Å²) in [6.45, 7) is 8.68. The SMILES string of the molecule is CCNC(CCN(C)C)c1cc(C)ccc1C. The van der Waals surface area contributed by atoms with Gasteiger partial charge in [-0.2, -0.15) is 0 Å². The maximum Gasteiger partial charge on any atom is 0.0335 e. The summed E-state index contributed by atoms with van der Waals surface area (Å²) in [6.07, 6.45) is 1.16. The lowest BCUT2D eigenvalue weighted by Crippen LogP contribution is -2.26. The van der Waals surface area contributed by atoms with E-state index in [4.69, 9.17) is 0 Å². The molecule has 0 heterocycles. The van der Waals surface area contributed by atoms with Gasteiger partial charge in [-0.15, -0.1) is 0 Å². The van der Waals surface area contributed by atoms with Gasteiger partial charge in [0.15, 0.2) is 0 Å². The maximum absolute atomic E-state index is 3.60. The molecular weight excluding hydrogens is 208 g/mol. The first kappa shape index (κ1) is 14.2. The fraction of sp³-hybridized carbons (Fsp3) is 0.600. The van der Waals surface area contributed by atoms with E-state index in [-0.39, 0.29) is 0 Å². The molecular formula is C15H26N2. The highest BCUT2D eigenvalue weighted by Crippen LogP contribution is 2.22. The Balaban J connectivity index is 2.84. The second kappa shape index (κ2) is 6.77. The van der Waals surface area contributed by atoms with Gasteiger partial charge in [0.2, 0.25) is 0 Å². The standard InChI is InChI=1S/C15H26N2/c1-6-16-15(9-10-17(4)5)14-11-12(2)7-8-13(14)3/h7-8,11,15-16H,6,9-10H2,1-5H3. The van der Waals surface area contributed by atoms with Gasteiger partial charge in [-0.05, 0) is 58.6 Å². The van der Waals surface area contributed by atoms with Crippen molar-refractivity contribution in [2.24, 2.45) is 0 Å². The van der Waals surface area contributed by atoms with Crippen LogP contribution in [0.2, 0.25) is 0 Å². The van der Waals surface area contributed by atoms with Crippen molar-refractivity contribution in [2.45, 2.75) is 33.2 Å². The van der Waals surface area contributed by atoms with Gasteiger partial charge in [-0.3, -0.25) is 0 Å². The van der Waals surface area contributed by atoms with Crippen LogP contribution in [0, 0.1) is 13.8 Å². The Labute approximate surface area is 106 Å². The molecule has 0 amide bonds. The van der Waals surface area contributed by atoms with Crippen molar-refractivity contribution in [1.82, 2.24) is 10.2 Å². The molecule has 96 valence electrons. The summed E-state index contributed by atoms with van der Waals surface area (Å²) in [6, 6.07) is 7.21. The normalized spacial score (nSPS) is 13.1. The van der Waals surface area contributed by atoms with E-state index < -0.39 is 0 Å². The van der Waals surface area contributed by atoms with Crippen LogP contribution >= 0.6 is 0 Å². The van der Waals surface area contributed by atoms with Crippen molar-refractivity contribution in [2.75, 3.05) is 27.2 Å². The first-order chi connectivity index (χ1) is 8.04. The summed E-state index contributed by atoms with van der Waals surface area (Å²) in [7, 11) is 4.26. The first-order valence-corrected chi connectivity index (χ1v) is 6.49. The molecule has 1 unspecified atom stereocenters. The van der Waals surface area contributed by atoms with Crippen molar-refractivity contribution in [3.63, 3.8) is 0 Å². The molecule has 0 aromatic heterocycles. The van der Waals surface area contributed by atoms with Gasteiger partial charge in [-0.1, -0.05) is 30.7 Å². The molecule has 1 aromatic rings. The molecule has 0 spiro atoms. The summed E-state index contributed by atoms with van der Waals surface area (Å²) >= 11 is 0. The van der Waals surface area contributed by atoms with Gasteiger partial charge in [0.25, 0.3) is 0 Å². The Bertz CT molecular complexity index is 345. The predicted molar refractivity (Wildman–Crippen MR) is 75.5 cm³/mol. The number of aryl methyl sites for hydroxylation is 2. The molecule has 1 aromatic carbocycles. The maximum atomic E-state index is 3.60. The minimum absolute atomic E-state index is 0.474. The zero-order valence-electron chi connectivity index (χ0n) is 11.9. The largest absolute Gasteiger partial charge is 0.310 e. The van der Waals surface area contributed by atoms with Crippen LogP contribution in [0.3, 0.4) is 0 Å². The summed E-state index contributed by atoms with van der Waals surface area (Å²) in [5.41, 5.74) is 4.19. The number of hydrogen-bond donors (Lipinski definition) is 1. The second-order valence-electron chi connectivity index (χ2n) is 5.06. The third-order valence-corrected chi connectivity index (χ3v) is 3.13. The first-order valence-electron chi connectivity index (χ1n) is 6.49. The highest BCUT2D eigenvalue weighted by atomic mass is 15.1. The molecule has 0 fully saturated rings. The Kier molecular flexibility index (Phi) is 5.66. The van der Waals surface area contributed by atoms with Crippen molar-refractivity contribution in [3.8, 4) is 0 Å². The molecule has 1 N–H and O–H groups in total. The fourth-order valence-corrected chi connectivity index (χ4v) is 2.14. The van der Waals surface area contributed by atoms with Gasteiger partial charge >= 0.3 is 0 Å². The zero-order valence-corrected chi connectivity index (χ0v) is 11.9. The number of rotatable bonds is 6. The molecule has 17 heavy (non-hydrogen) atoms. The van der Waals surface area contributed by atoms with E-state index in [2.05, 4.69) is 63.3 Å². The van der Waals surface area contributed by atoms with Crippen LogP contribution in [0.15, 0.2) is 18.2 Å². The van der Waals surface area contributed by atoms with E-state index >= 15 is 0 Å². The van der Waals surface area contributed by atoms with Crippen LogP contribution in [0.25, 0.3) is 0 Å². The smallest absolute Gasteiger partial charge is 0.0335 e. The highest BCUT2D eigenvalue weighted by Gasteiger charge is 2.12. The quantitative estimate of drug-likeness (QED) is 0.814. The minimum Gasteiger partial charge on any atom is -0.310 e. The van der Waals surface area contributed by atoms with Gasteiger partial charge in [0.1, 0.15) is 0 Å². The molecule has 0 aliphatic carbocycles.